The summed E-state index contributed by atoms with van der Waals surface area (Å²) in [5.74, 6) is -1.55. The molecule has 1 N–H and O–H groups in total. The number of benzene rings is 1. The van der Waals surface area contributed by atoms with Crippen LogP contribution in [0.3, 0.4) is 0 Å². The molecule has 0 amide bonds. The van der Waals surface area contributed by atoms with Gasteiger partial charge in [0.15, 0.2) is 0 Å². The summed E-state index contributed by atoms with van der Waals surface area (Å²) in [4.78, 5) is 10.7. The Labute approximate surface area is 117 Å². The van der Waals surface area contributed by atoms with Gasteiger partial charge in [-0.2, -0.15) is 9.57 Å². The highest BCUT2D eigenvalue weighted by molar-refractivity contribution is 7.88. The molecule has 1 aromatic carbocycles. The van der Waals surface area contributed by atoms with Crippen molar-refractivity contribution in [1.82, 2.24) is 4.31 Å². The number of sulfonamides is 1. The number of nitriles is 1. The maximum Gasteiger partial charge on any atom is 0.318 e. The van der Waals surface area contributed by atoms with E-state index < -0.39 is 22.5 Å². The average Bonchev–Trinajstić information content (AvgIpc) is 2.38. The molecule has 1 aromatic rings. The number of carbonyl (C=O) groups is 1. The Balaban J connectivity index is 2.92. The van der Waals surface area contributed by atoms with Crippen LogP contribution in [0.4, 0.5) is 0 Å². The molecule has 0 unspecified atom stereocenters. The molecule has 0 aliphatic heterocycles. The van der Waals surface area contributed by atoms with Gasteiger partial charge in [0, 0.05) is 6.54 Å². The number of hydrogen-bond acceptors (Lipinski definition) is 4. The third kappa shape index (κ3) is 4.50. The van der Waals surface area contributed by atoms with Crippen molar-refractivity contribution < 1.29 is 18.3 Å². The number of rotatable bonds is 7. The molecule has 0 aliphatic carbocycles. The highest BCUT2D eigenvalue weighted by Gasteiger charge is 2.23. The molecule has 0 radical (unpaired) electrons. The summed E-state index contributed by atoms with van der Waals surface area (Å²) < 4.78 is 25.1. The Bertz CT molecular complexity index is 629. The summed E-state index contributed by atoms with van der Waals surface area (Å²) in [5, 5.41) is 17.4. The Kier molecular flexibility index (Phi) is 5.43. The van der Waals surface area contributed by atoms with Crippen LogP contribution in [-0.4, -0.2) is 36.9 Å². The monoisotopic (exact) mass is 294 g/mol. The van der Waals surface area contributed by atoms with Crippen LogP contribution in [-0.2, 0) is 20.6 Å². The number of carboxylic acids is 1. The second-order valence-electron chi connectivity index (χ2n) is 4.04. The predicted octanol–water partition coefficient (Wildman–Crippen LogP) is 0.961. The van der Waals surface area contributed by atoms with Crippen molar-refractivity contribution in [3.8, 4) is 6.07 Å². The number of aliphatic carboxylic acids is 1. The maximum absolute atomic E-state index is 12.1. The van der Waals surface area contributed by atoms with E-state index in [0.717, 1.165) is 4.31 Å². The summed E-state index contributed by atoms with van der Waals surface area (Å²) in [5.41, 5.74) is 0.920. The summed E-state index contributed by atoms with van der Waals surface area (Å²) in [6.07, 6.45) is 1.33. The second-order valence-corrected chi connectivity index (χ2v) is 6.01. The molecule has 0 saturated carbocycles. The van der Waals surface area contributed by atoms with Crippen LogP contribution >= 0.6 is 0 Å². The normalized spacial score (nSPS) is 11.0. The standard InChI is InChI=1S/C13H14N2O4S/c1-2-7-15(9-13(16)17)20(18,19)10-12-5-3-11(8-14)4-6-12/h2-6H,1,7,9-10H2,(H,16,17). The number of hydrogen-bond donors (Lipinski definition) is 1. The van der Waals surface area contributed by atoms with Crippen molar-refractivity contribution in [3.05, 3.63) is 48.0 Å². The SMILES string of the molecule is C=CCN(CC(=O)O)S(=O)(=O)Cc1ccc(C#N)cc1. The Morgan fingerprint density at radius 2 is 2.00 bits per heavy atom. The quantitative estimate of drug-likeness (QED) is 0.755. The van der Waals surface area contributed by atoms with Gasteiger partial charge in [-0.1, -0.05) is 18.2 Å². The molecule has 0 heterocycles. The van der Waals surface area contributed by atoms with E-state index in [0.29, 0.717) is 11.1 Å². The van der Waals surface area contributed by atoms with E-state index in [1.165, 1.54) is 30.3 Å². The van der Waals surface area contributed by atoms with Gasteiger partial charge in [0.1, 0.15) is 6.54 Å². The van der Waals surface area contributed by atoms with Crippen molar-refractivity contribution in [2.75, 3.05) is 13.1 Å². The van der Waals surface area contributed by atoms with Crippen LogP contribution in [0.5, 0.6) is 0 Å². The largest absolute Gasteiger partial charge is 0.480 e. The minimum Gasteiger partial charge on any atom is -0.480 e. The minimum atomic E-state index is -3.75. The molecule has 1 rings (SSSR count). The van der Waals surface area contributed by atoms with Gasteiger partial charge >= 0.3 is 5.97 Å². The molecule has 20 heavy (non-hydrogen) atoms. The Morgan fingerprint density at radius 3 is 2.45 bits per heavy atom. The number of nitrogens with zero attached hydrogens (tertiary/aromatic N) is 2. The topological polar surface area (TPSA) is 98.5 Å². The zero-order chi connectivity index (χ0) is 15.2. The summed E-state index contributed by atoms with van der Waals surface area (Å²) >= 11 is 0. The van der Waals surface area contributed by atoms with E-state index >= 15 is 0 Å². The van der Waals surface area contributed by atoms with Gasteiger partial charge in [0.2, 0.25) is 10.0 Å². The van der Waals surface area contributed by atoms with Crippen molar-refractivity contribution in [1.29, 1.82) is 5.26 Å². The Hall–Kier alpha value is -2.17. The molecule has 0 aliphatic rings. The fourth-order valence-electron chi connectivity index (χ4n) is 1.55. The molecule has 7 heteroatoms. The second kappa shape index (κ2) is 6.84. The first kappa shape index (κ1) is 15.9. The van der Waals surface area contributed by atoms with Crippen LogP contribution in [0.25, 0.3) is 0 Å². The lowest BCUT2D eigenvalue weighted by Gasteiger charge is -2.18. The van der Waals surface area contributed by atoms with Gasteiger partial charge in [-0.05, 0) is 17.7 Å². The molecular weight excluding hydrogens is 280 g/mol. The highest BCUT2D eigenvalue weighted by Crippen LogP contribution is 2.12. The van der Waals surface area contributed by atoms with Gasteiger partial charge in [0.25, 0.3) is 0 Å². The van der Waals surface area contributed by atoms with Gasteiger partial charge < -0.3 is 5.11 Å². The number of carboxylic acid groups (broad SMARTS) is 1. The van der Waals surface area contributed by atoms with E-state index in [-0.39, 0.29) is 12.3 Å². The van der Waals surface area contributed by atoms with Crippen LogP contribution in [0.2, 0.25) is 0 Å². The van der Waals surface area contributed by atoms with E-state index in [9.17, 15) is 13.2 Å². The maximum atomic E-state index is 12.1. The molecule has 0 spiro atoms. The molecular formula is C13H14N2O4S. The first-order valence-electron chi connectivity index (χ1n) is 5.68. The van der Waals surface area contributed by atoms with Gasteiger partial charge in [0.05, 0.1) is 17.4 Å². The van der Waals surface area contributed by atoms with E-state index in [1.54, 1.807) is 0 Å². The molecule has 0 fully saturated rings. The van der Waals surface area contributed by atoms with E-state index in [1.807, 2.05) is 6.07 Å². The van der Waals surface area contributed by atoms with E-state index in [2.05, 4.69) is 6.58 Å². The van der Waals surface area contributed by atoms with Gasteiger partial charge in [-0.25, -0.2) is 8.42 Å². The van der Waals surface area contributed by atoms with Crippen molar-refractivity contribution in [2.45, 2.75) is 5.75 Å². The first-order chi connectivity index (χ1) is 9.39. The fourth-order valence-corrected chi connectivity index (χ4v) is 2.98. The average molecular weight is 294 g/mol. The van der Waals surface area contributed by atoms with Crippen LogP contribution in [0.15, 0.2) is 36.9 Å². The van der Waals surface area contributed by atoms with Crippen molar-refractivity contribution in [2.24, 2.45) is 0 Å². The highest BCUT2D eigenvalue weighted by atomic mass is 32.2. The molecule has 6 nitrogen and oxygen atoms in total. The molecule has 0 aromatic heterocycles. The lowest BCUT2D eigenvalue weighted by molar-refractivity contribution is -0.137. The Morgan fingerprint density at radius 1 is 1.40 bits per heavy atom. The lowest BCUT2D eigenvalue weighted by Crippen LogP contribution is -2.36. The zero-order valence-corrected chi connectivity index (χ0v) is 11.5. The van der Waals surface area contributed by atoms with Crippen LogP contribution < -0.4 is 0 Å². The van der Waals surface area contributed by atoms with Gasteiger partial charge in [-0.3, -0.25) is 4.79 Å². The van der Waals surface area contributed by atoms with Crippen LogP contribution in [0.1, 0.15) is 11.1 Å². The predicted molar refractivity (Wildman–Crippen MR) is 73.2 cm³/mol. The third-order valence-corrected chi connectivity index (χ3v) is 4.23. The van der Waals surface area contributed by atoms with Crippen molar-refractivity contribution in [3.63, 3.8) is 0 Å². The first-order valence-corrected chi connectivity index (χ1v) is 7.29. The third-order valence-electron chi connectivity index (χ3n) is 2.47. The minimum absolute atomic E-state index is 0.0646. The fraction of sp³-hybridized carbons (Fsp3) is 0.231. The summed E-state index contributed by atoms with van der Waals surface area (Å²) in [6, 6.07) is 8.02. The van der Waals surface area contributed by atoms with E-state index in [4.69, 9.17) is 10.4 Å². The summed E-state index contributed by atoms with van der Waals surface area (Å²) in [7, 11) is -3.75. The molecule has 106 valence electrons. The molecule has 0 atom stereocenters. The zero-order valence-electron chi connectivity index (χ0n) is 10.7. The lowest BCUT2D eigenvalue weighted by atomic mass is 10.2. The van der Waals surface area contributed by atoms with Crippen molar-refractivity contribution >= 4 is 16.0 Å². The molecule has 0 saturated heterocycles. The summed E-state index contributed by atoms with van der Waals surface area (Å²) in [6.45, 7) is 2.74. The van der Waals surface area contributed by atoms with Crippen LogP contribution in [0, 0.1) is 11.3 Å². The molecule has 0 bridgehead atoms. The smallest absolute Gasteiger partial charge is 0.318 e. The van der Waals surface area contributed by atoms with Gasteiger partial charge in [-0.15, -0.1) is 6.58 Å².